The fourth-order valence-electron chi connectivity index (χ4n) is 1.98. The standard InChI is InChI=1S/C18H16O4/c1-13(19)22-17-10-6-9-15(18(17)21-2)16(20)12-11-14-7-4-3-5-8-14/h3-12H,1-2H3. The van der Waals surface area contributed by atoms with E-state index in [4.69, 9.17) is 9.47 Å². The van der Waals surface area contributed by atoms with Gasteiger partial charge in [0.2, 0.25) is 0 Å². The Bertz CT molecular complexity index is 702. The van der Waals surface area contributed by atoms with Crippen molar-refractivity contribution in [3.8, 4) is 11.5 Å². The molecule has 4 nitrogen and oxygen atoms in total. The molecule has 0 saturated heterocycles. The number of benzene rings is 2. The predicted octanol–water partition coefficient (Wildman–Crippen LogP) is 3.52. The van der Waals surface area contributed by atoms with Crippen LogP contribution in [0, 0.1) is 0 Å². The van der Waals surface area contributed by atoms with Gasteiger partial charge in [-0.05, 0) is 23.8 Å². The number of hydrogen-bond acceptors (Lipinski definition) is 4. The van der Waals surface area contributed by atoms with Gasteiger partial charge in [-0.25, -0.2) is 0 Å². The molecule has 112 valence electrons. The first-order valence-electron chi connectivity index (χ1n) is 6.74. The molecule has 0 aliphatic carbocycles. The van der Waals surface area contributed by atoms with Gasteiger partial charge in [0.25, 0.3) is 0 Å². The van der Waals surface area contributed by atoms with E-state index in [2.05, 4.69) is 0 Å². The van der Waals surface area contributed by atoms with E-state index in [1.54, 1.807) is 24.3 Å². The highest BCUT2D eigenvalue weighted by Crippen LogP contribution is 2.31. The van der Waals surface area contributed by atoms with Crippen LogP contribution in [-0.4, -0.2) is 18.9 Å². The lowest BCUT2D eigenvalue weighted by Crippen LogP contribution is -2.06. The molecule has 0 spiro atoms. The maximum absolute atomic E-state index is 12.3. The number of allylic oxidation sites excluding steroid dienone is 1. The Hall–Kier alpha value is -2.88. The molecule has 0 aliphatic heterocycles. The van der Waals surface area contributed by atoms with Gasteiger partial charge in [0.05, 0.1) is 12.7 Å². The van der Waals surface area contributed by atoms with Crippen molar-refractivity contribution in [1.29, 1.82) is 0 Å². The maximum atomic E-state index is 12.3. The molecule has 2 aromatic rings. The highest BCUT2D eigenvalue weighted by atomic mass is 16.6. The molecule has 0 aromatic heterocycles. The predicted molar refractivity (Wildman–Crippen MR) is 84.1 cm³/mol. The van der Waals surface area contributed by atoms with Crippen molar-refractivity contribution in [3.05, 3.63) is 65.7 Å². The Balaban J connectivity index is 2.29. The van der Waals surface area contributed by atoms with Gasteiger partial charge in [0, 0.05) is 6.92 Å². The minimum absolute atomic E-state index is 0.227. The first-order valence-corrected chi connectivity index (χ1v) is 6.74. The van der Waals surface area contributed by atoms with Crippen molar-refractivity contribution < 1.29 is 19.1 Å². The van der Waals surface area contributed by atoms with Crippen molar-refractivity contribution in [2.75, 3.05) is 7.11 Å². The smallest absolute Gasteiger partial charge is 0.308 e. The lowest BCUT2D eigenvalue weighted by Gasteiger charge is -2.10. The van der Waals surface area contributed by atoms with Crippen LogP contribution in [0.3, 0.4) is 0 Å². The van der Waals surface area contributed by atoms with E-state index in [-0.39, 0.29) is 17.3 Å². The fourth-order valence-corrected chi connectivity index (χ4v) is 1.98. The monoisotopic (exact) mass is 296 g/mol. The first-order chi connectivity index (χ1) is 10.6. The molecule has 0 amide bonds. The quantitative estimate of drug-likeness (QED) is 0.367. The molecule has 0 heterocycles. The van der Waals surface area contributed by atoms with Crippen molar-refractivity contribution in [3.63, 3.8) is 0 Å². The molecule has 2 aromatic carbocycles. The Morgan fingerprint density at radius 3 is 2.36 bits per heavy atom. The van der Waals surface area contributed by atoms with Crippen LogP contribution in [-0.2, 0) is 4.79 Å². The van der Waals surface area contributed by atoms with Crippen molar-refractivity contribution in [1.82, 2.24) is 0 Å². The van der Waals surface area contributed by atoms with Crippen LogP contribution >= 0.6 is 0 Å². The molecule has 0 saturated carbocycles. The van der Waals surface area contributed by atoms with Crippen molar-refractivity contribution in [2.45, 2.75) is 6.92 Å². The van der Waals surface area contributed by atoms with Gasteiger partial charge >= 0.3 is 5.97 Å². The van der Waals surface area contributed by atoms with Crippen LogP contribution in [0.5, 0.6) is 11.5 Å². The molecular formula is C18H16O4. The van der Waals surface area contributed by atoms with Gasteiger partial charge in [-0.15, -0.1) is 0 Å². The number of ether oxygens (including phenoxy) is 2. The second-order valence-corrected chi connectivity index (χ2v) is 4.54. The highest BCUT2D eigenvalue weighted by molar-refractivity contribution is 6.09. The summed E-state index contributed by atoms with van der Waals surface area (Å²) in [5, 5.41) is 0. The molecule has 4 heteroatoms. The lowest BCUT2D eigenvalue weighted by atomic mass is 10.1. The molecule has 0 atom stereocenters. The molecule has 0 radical (unpaired) electrons. The van der Waals surface area contributed by atoms with E-state index < -0.39 is 5.97 Å². The third-order valence-electron chi connectivity index (χ3n) is 2.93. The molecule has 0 N–H and O–H groups in total. The summed E-state index contributed by atoms with van der Waals surface area (Å²) in [6.45, 7) is 1.29. The molecule has 22 heavy (non-hydrogen) atoms. The number of ketones is 1. The van der Waals surface area contributed by atoms with Gasteiger partial charge in [0.1, 0.15) is 0 Å². The van der Waals surface area contributed by atoms with Gasteiger partial charge in [0.15, 0.2) is 17.3 Å². The third kappa shape index (κ3) is 3.82. The first kappa shape index (κ1) is 15.5. The Labute approximate surface area is 129 Å². The number of hydrogen-bond donors (Lipinski definition) is 0. The number of esters is 1. The maximum Gasteiger partial charge on any atom is 0.308 e. The molecule has 2 rings (SSSR count). The van der Waals surface area contributed by atoms with Crippen LogP contribution in [0.4, 0.5) is 0 Å². The zero-order valence-corrected chi connectivity index (χ0v) is 12.4. The Morgan fingerprint density at radius 2 is 1.73 bits per heavy atom. The number of rotatable bonds is 5. The van der Waals surface area contributed by atoms with E-state index >= 15 is 0 Å². The molecular weight excluding hydrogens is 280 g/mol. The Morgan fingerprint density at radius 1 is 1.00 bits per heavy atom. The van der Waals surface area contributed by atoms with E-state index in [9.17, 15) is 9.59 Å². The molecule has 0 unspecified atom stereocenters. The summed E-state index contributed by atoms with van der Waals surface area (Å²) in [5.74, 6) is -0.216. The number of carbonyl (C=O) groups excluding carboxylic acids is 2. The summed E-state index contributed by atoms with van der Waals surface area (Å²) in [5.41, 5.74) is 1.26. The SMILES string of the molecule is COc1c(OC(C)=O)cccc1C(=O)C=Cc1ccccc1. The van der Waals surface area contributed by atoms with E-state index in [1.165, 1.54) is 20.1 Å². The van der Waals surface area contributed by atoms with Crippen LogP contribution in [0.2, 0.25) is 0 Å². The second-order valence-electron chi connectivity index (χ2n) is 4.54. The lowest BCUT2D eigenvalue weighted by molar-refractivity contribution is -0.132. The molecule has 0 fully saturated rings. The largest absolute Gasteiger partial charge is 0.492 e. The Kier molecular flexibility index (Phi) is 5.09. The summed E-state index contributed by atoms with van der Waals surface area (Å²) in [4.78, 5) is 23.4. The van der Waals surface area contributed by atoms with E-state index in [0.717, 1.165) is 5.56 Å². The average molecular weight is 296 g/mol. The summed E-state index contributed by atoms with van der Waals surface area (Å²) >= 11 is 0. The second kappa shape index (κ2) is 7.22. The average Bonchev–Trinajstić information content (AvgIpc) is 2.52. The van der Waals surface area contributed by atoms with Crippen molar-refractivity contribution >= 4 is 17.8 Å². The minimum atomic E-state index is -0.470. The number of carbonyl (C=O) groups is 2. The summed E-state index contributed by atoms with van der Waals surface area (Å²) in [6.07, 6.45) is 3.19. The zero-order chi connectivity index (χ0) is 15.9. The minimum Gasteiger partial charge on any atom is -0.492 e. The summed E-state index contributed by atoms with van der Waals surface area (Å²) in [7, 11) is 1.43. The highest BCUT2D eigenvalue weighted by Gasteiger charge is 2.15. The molecule has 0 bridgehead atoms. The summed E-state index contributed by atoms with van der Waals surface area (Å²) < 4.78 is 10.3. The van der Waals surface area contributed by atoms with Gasteiger partial charge in [-0.2, -0.15) is 0 Å². The van der Waals surface area contributed by atoms with Gasteiger partial charge in [-0.3, -0.25) is 9.59 Å². The van der Waals surface area contributed by atoms with Crippen LogP contribution in [0.1, 0.15) is 22.8 Å². The summed E-state index contributed by atoms with van der Waals surface area (Å²) in [6, 6.07) is 14.3. The zero-order valence-electron chi connectivity index (χ0n) is 12.4. The van der Waals surface area contributed by atoms with E-state index in [1.807, 2.05) is 30.3 Å². The van der Waals surface area contributed by atoms with Gasteiger partial charge < -0.3 is 9.47 Å². The van der Waals surface area contributed by atoms with Crippen LogP contribution < -0.4 is 9.47 Å². The van der Waals surface area contributed by atoms with E-state index in [0.29, 0.717) is 5.56 Å². The number of para-hydroxylation sites is 1. The fraction of sp³-hybridized carbons (Fsp3) is 0.111. The van der Waals surface area contributed by atoms with Crippen LogP contribution in [0.25, 0.3) is 6.08 Å². The van der Waals surface area contributed by atoms with Gasteiger partial charge in [-0.1, -0.05) is 42.5 Å². The normalized spacial score (nSPS) is 10.5. The third-order valence-corrected chi connectivity index (χ3v) is 2.93. The van der Waals surface area contributed by atoms with Crippen molar-refractivity contribution in [2.24, 2.45) is 0 Å². The number of methoxy groups -OCH3 is 1. The topological polar surface area (TPSA) is 52.6 Å². The molecule has 0 aliphatic rings. The van der Waals surface area contributed by atoms with Crippen LogP contribution in [0.15, 0.2) is 54.6 Å².